The van der Waals surface area contributed by atoms with Gasteiger partial charge in [0.1, 0.15) is 6.10 Å². The van der Waals surface area contributed by atoms with Crippen LogP contribution in [0.3, 0.4) is 0 Å². The minimum Gasteiger partial charge on any atom is -0.390 e. The predicted molar refractivity (Wildman–Crippen MR) is 57.7 cm³/mol. The number of halogens is 2. The Labute approximate surface area is 94.0 Å². The average molecular weight is 237 g/mol. The van der Waals surface area contributed by atoms with E-state index in [1.54, 1.807) is 0 Å². The van der Waals surface area contributed by atoms with E-state index in [-0.39, 0.29) is 10.7 Å². The molecule has 2 bridgehead atoms. The smallest absolute Gasteiger partial charge is 0.235 e. The van der Waals surface area contributed by atoms with E-state index in [2.05, 4.69) is 10.1 Å². The fraction of sp³-hybridized carbons (Fsp3) is 0.889. The molecule has 80 valence electrons. The molecule has 0 aromatic carbocycles. The van der Waals surface area contributed by atoms with Crippen LogP contribution in [0.15, 0.2) is 5.16 Å². The first-order chi connectivity index (χ1) is 6.66. The Morgan fingerprint density at radius 3 is 2.79 bits per heavy atom. The highest BCUT2D eigenvalue weighted by molar-refractivity contribution is 6.95. The van der Waals surface area contributed by atoms with E-state index in [4.69, 9.17) is 28.0 Å². The lowest BCUT2D eigenvalue weighted by molar-refractivity contribution is 0.0139. The van der Waals surface area contributed by atoms with Crippen LogP contribution in [0.25, 0.3) is 0 Å². The number of hydrogen-bond acceptors (Lipinski definition) is 3. The monoisotopic (exact) mass is 236 g/mol. The molecule has 14 heavy (non-hydrogen) atoms. The fourth-order valence-electron chi connectivity index (χ4n) is 2.56. The van der Waals surface area contributed by atoms with Gasteiger partial charge in [-0.2, -0.15) is 0 Å². The Morgan fingerprint density at radius 2 is 2.29 bits per heavy atom. The lowest BCUT2D eigenvalue weighted by Crippen LogP contribution is -2.31. The molecule has 0 spiro atoms. The van der Waals surface area contributed by atoms with Gasteiger partial charge in [0.2, 0.25) is 4.63 Å². The Kier molecular flexibility index (Phi) is 3.20. The highest BCUT2D eigenvalue weighted by atomic mass is 35.5. The first-order valence-electron chi connectivity index (χ1n) is 4.94. The maximum Gasteiger partial charge on any atom is 0.235 e. The Morgan fingerprint density at radius 1 is 1.50 bits per heavy atom. The molecule has 2 fully saturated rings. The quantitative estimate of drug-likeness (QED) is 0.554. The number of fused-ring (bicyclic) bond motifs is 2. The van der Waals surface area contributed by atoms with Crippen LogP contribution >= 0.6 is 23.2 Å². The van der Waals surface area contributed by atoms with Crippen LogP contribution in [0.2, 0.25) is 0 Å². The summed E-state index contributed by atoms with van der Waals surface area (Å²) in [5.74, 6) is 1.36. The van der Waals surface area contributed by atoms with Gasteiger partial charge >= 0.3 is 0 Å². The van der Waals surface area contributed by atoms with E-state index >= 15 is 0 Å². The average Bonchev–Trinajstić information content (AvgIpc) is 2.74. The van der Waals surface area contributed by atoms with Crippen LogP contribution < -0.4 is 0 Å². The SMILES string of the molecule is CC(ON=C(Cl)Cl)C1CN2CCC1C2. The Balaban J connectivity index is 1.86. The van der Waals surface area contributed by atoms with Crippen molar-refractivity contribution < 1.29 is 4.84 Å². The maximum absolute atomic E-state index is 5.39. The van der Waals surface area contributed by atoms with Gasteiger partial charge in [0, 0.05) is 19.0 Å². The summed E-state index contributed by atoms with van der Waals surface area (Å²) in [6.07, 6.45) is 1.40. The van der Waals surface area contributed by atoms with Crippen molar-refractivity contribution in [2.75, 3.05) is 19.6 Å². The standard InChI is InChI=1S/C9H14Cl2N2O/c1-6(14-12-9(10)11)8-5-13-3-2-7(8)4-13/h6-8H,2-5H2,1H3. The number of nitrogens with zero attached hydrogens (tertiary/aromatic N) is 2. The second kappa shape index (κ2) is 4.25. The predicted octanol–water partition coefficient (Wildman–Crippen LogP) is 2.09. The van der Waals surface area contributed by atoms with Crippen LogP contribution in [0.5, 0.6) is 0 Å². The molecule has 2 aliphatic rings. The molecule has 4 atom stereocenters. The van der Waals surface area contributed by atoms with Crippen LogP contribution in [0, 0.1) is 11.8 Å². The van der Waals surface area contributed by atoms with Gasteiger partial charge in [-0.05, 0) is 49.0 Å². The van der Waals surface area contributed by atoms with Crippen LogP contribution in [0.4, 0.5) is 0 Å². The summed E-state index contributed by atoms with van der Waals surface area (Å²) < 4.78 is -0.0553. The molecule has 0 saturated carbocycles. The normalized spacial score (nSPS) is 36.9. The molecular weight excluding hydrogens is 223 g/mol. The van der Waals surface area contributed by atoms with Gasteiger partial charge < -0.3 is 9.74 Å². The van der Waals surface area contributed by atoms with Crippen molar-refractivity contribution in [2.24, 2.45) is 17.0 Å². The van der Waals surface area contributed by atoms with Gasteiger partial charge in [-0.25, -0.2) is 0 Å². The van der Waals surface area contributed by atoms with E-state index in [9.17, 15) is 0 Å². The molecule has 4 unspecified atom stereocenters. The maximum atomic E-state index is 5.39. The molecule has 0 radical (unpaired) electrons. The third kappa shape index (κ3) is 2.15. The van der Waals surface area contributed by atoms with Crippen molar-refractivity contribution in [2.45, 2.75) is 19.4 Å². The fourth-order valence-corrected chi connectivity index (χ4v) is 2.64. The van der Waals surface area contributed by atoms with E-state index in [1.165, 1.54) is 19.5 Å². The molecule has 5 heteroatoms. The van der Waals surface area contributed by atoms with Gasteiger partial charge in [0.05, 0.1) is 0 Å². The number of oxime groups is 1. The highest BCUT2D eigenvalue weighted by Gasteiger charge is 2.41. The Hall–Kier alpha value is 0.01000. The van der Waals surface area contributed by atoms with Crippen LogP contribution in [-0.2, 0) is 4.84 Å². The van der Waals surface area contributed by atoms with Crippen LogP contribution in [0.1, 0.15) is 13.3 Å². The van der Waals surface area contributed by atoms with Crippen molar-refractivity contribution in [3.63, 3.8) is 0 Å². The second-order valence-corrected chi connectivity index (χ2v) is 5.02. The molecule has 2 heterocycles. The third-order valence-corrected chi connectivity index (χ3v) is 3.41. The molecule has 3 nitrogen and oxygen atoms in total. The summed E-state index contributed by atoms with van der Waals surface area (Å²) in [5, 5.41) is 3.58. The lowest BCUT2D eigenvalue weighted by atomic mass is 9.89. The molecule has 0 N–H and O–H groups in total. The Bertz CT molecular complexity index is 243. The summed E-state index contributed by atoms with van der Waals surface area (Å²) in [7, 11) is 0. The summed E-state index contributed by atoms with van der Waals surface area (Å²) in [5.41, 5.74) is 0. The van der Waals surface area contributed by atoms with E-state index in [0.29, 0.717) is 5.92 Å². The van der Waals surface area contributed by atoms with Crippen LogP contribution in [-0.4, -0.2) is 35.3 Å². The molecular formula is C9H14Cl2N2O. The molecule has 0 aliphatic carbocycles. The molecule has 0 aromatic heterocycles. The molecule has 0 aromatic rings. The minimum atomic E-state index is -0.0553. The summed E-state index contributed by atoms with van der Waals surface area (Å²) in [6.45, 7) is 5.62. The largest absolute Gasteiger partial charge is 0.390 e. The van der Waals surface area contributed by atoms with Crippen molar-refractivity contribution in [1.29, 1.82) is 0 Å². The summed E-state index contributed by atoms with van der Waals surface area (Å²) >= 11 is 10.8. The van der Waals surface area contributed by atoms with Crippen molar-refractivity contribution in [3.05, 3.63) is 0 Å². The molecule has 0 amide bonds. The van der Waals surface area contributed by atoms with Gasteiger partial charge in [-0.3, -0.25) is 0 Å². The highest BCUT2D eigenvalue weighted by Crippen LogP contribution is 2.35. The number of rotatable bonds is 3. The minimum absolute atomic E-state index is 0.0553. The first-order valence-corrected chi connectivity index (χ1v) is 5.69. The van der Waals surface area contributed by atoms with E-state index in [0.717, 1.165) is 12.5 Å². The molecule has 2 saturated heterocycles. The van der Waals surface area contributed by atoms with E-state index in [1.807, 2.05) is 6.92 Å². The van der Waals surface area contributed by atoms with Gasteiger partial charge in [-0.1, -0.05) is 5.16 Å². The van der Waals surface area contributed by atoms with E-state index < -0.39 is 0 Å². The van der Waals surface area contributed by atoms with Gasteiger partial charge in [0.15, 0.2) is 0 Å². The van der Waals surface area contributed by atoms with Crippen molar-refractivity contribution in [3.8, 4) is 0 Å². The van der Waals surface area contributed by atoms with Crippen molar-refractivity contribution >= 4 is 27.8 Å². The first kappa shape index (κ1) is 10.5. The topological polar surface area (TPSA) is 24.8 Å². The number of piperidine rings is 1. The second-order valence-electron chi connectivity index (χ2n) is 4.11. The van der Waals surface area contributed by atoms with Crippen molar-refractivity contribution in [1.82, 2.24) is 4.90 Å². The lowest BCUT2D eigenvalue weighted by Gasteiger charge is -2.25. The summed E-state index contributed by atoms with van der Waals surface area (Å²) in [6, 6.07) is 0. The van der Waals surface area contributed by atoms with Gasteiger partial charge in [-0.15, -0.1) is 0 Å². The zero-order valence-corrected chi connectivity index (χ0v) is 9.63. The van der Waals surface area contributed by atoms with Gasteiger partial charge in [0.25, 0.3) is 0 Å². The molecule has 2 aliphatic heterocycles. The third-order valence-electron chi connectivity index (χ3n) is 3.27. The number of hydrogen-bond donors (Lipinski definition) is 0. The zero-order valence-electron chi connectivity index (χ0n) is 8.12. The zero-order chi connectivity index (χ0) is 10.1. The summed E-state index contributed by atoms with van der Waals surface area (Å²) in [4.78, 5) is 7.71. The molecule has 2 rings (SSSR count).